The summed E-state index contributed by atoms with van der Waals surface area (Å²) in [5.41, 5.74) is 2.12. The Morgan fingerprint density at radius 3 is 2.48 bits per heavy atom. The Labute approximate surface area is 139 Å². The zero-order valence-corrected chi connectivity index (χ0v) is 14.5. The highest BCUT2D eigenvalue weighted by Gasteiger charge is 2.24. The van der Waals surface area contributed by atoms with Crippen LogP contribution in [-0.4, -0.2) is 30.4 Å². The first-order valence-electron chi connectivity index (χ1n) is 8.08. The van der Waals surface area contributed by atoms with Crippen LogP contribution in [0.3, 0.4) is 0 Å². The van der Waals surface area contributed by atoms with E-state index < -0.39 is 6.10 Å². The maximum absolute atomic E-state index is 11.3. The number of esters is 1. The molecule has 1 aromatic rings. The normalized spacial score (nSPS) is 15.8. The van der Waals surface area contributed by atoms with Crippen LogP contribution in [-0.2, 0) is 20.9 Å². The van der Waals surface area contributed by atoms with Crippen molar-refractivity contribution in [3.05, 3.63) is 47.5 Å². The number of aliphatic hydroxyl groups excluding tert-OH is 1. The Kier molecular flexibility index (Phi) is 8.59. The van der Waals surface area contributed by atoms with E-state index in [1.807, 2.05) is 57.2 Å². The molecule has 1 rings (SSSR count). The molecule has 0 radical (unpaired) electrons. The third kappa shape index (κ3) is 6.55. The van der Waals surface area contributed by atoms with E-state index in [0.29, 0.717) is 6.61 Å². The molecule has 0 aliphatic carbocycles. The third-order valence-electron chi connectivity index (χ3n) is 4.10. The van der Waals surface area contributed by atoms with Gasteiger partial charge in [0, 0.05) is 5.92 Å². The van der Waals surface area contributed by atoms with Gasteiger partial charge in [-0.15, -0.1) is 0 Å². The van der Waals surface area contributed by atoms with Crippen molar-refractivity contribution in [1.82, 2.24) is 0 Å². The summed E-state index contributed by atoms with van der Waals surface area (Å²) in [6.07, 6.45) is 1.95. The Balaban J connectivity index is 2.58. The van der Waals surface area contributed by atoms with Crippen LogP contribution in [0.2, 0.25) is 0 Å². The largest absolute Gasteiger partial charge is 0.469 e. The molecule has 1 aromatic carbocycles. The molecule has 0 aromatic heterocycles. The van der Waals surface area contributed by atoms with Crippen LogP contribution in [0, 0.1) is 5.92 Å². The van der Waals surface area contributed by atoms with Crippen LogP contribution in [0.25, 0.3) is 0 Å². The maximum atomic E-state index is 11.3. The highest BCUT2D eigenvalue weighted by atomic mass is 16.5. The molecule has 3 atom stereocenters. The first-order valence-corrected chi connectivity index (χ1v) is 8.08. The molecule has 128 valence electrons. The fourth-order valence-corrected chi connectivity index (χ4v) is 2.48. The van der Waals surface area contributed by atoms with Crippen molar-refractivity contribution in [2.45, 2.75) is 52.4 Å². The summed E-state index contributed by atoms with van der Waals surface area (Å²) in [5, 5.41) is 10.5. The molecule has 4 heteroatoms. The van der Waals surface area contributed by atoms with E-state index in [4.69, 9.17) is 4.74 Å². The number of rotatable bonds is 9. The Bertz CT molecular complexity index is 495. The number of aliphatic hydroxyl groups is 1. The Hall–Kier alpha value is -1.65. The summed E-state index contributed by atoms with van der Waals surface area (Å²) in [6.45, 7) is 6.32. The van der Waals surface area contributed by atoms with Gasteiger partial charge in [-0.25, -0.2) is 0 Å². The van der Waals surface area contributed by atoms with Crippen molar-refractivity contribution in [1.29, 1.82) is 0 Å². The van der Waals surface area contributed by atoms with Crippen molar-refractivity contribution in [3.8, 4) is 0 Å². The predicted molar refractivity (Wildman–Crippen MR) is 90.9 cm³/mol. The molecular formula is C19H28O4. The molecule has 0 heterocycles. The number of carbonyl (C=O) groups excluding carboxylic acids is 1. The standard InChI is InChI=1S/C19H28O4/c1-5-17(11-12-18(20)22-4)14(2)19(21)15(3)23-13-16-9-7-6-8-10-16/h6-11,14-15,19,21H,5,12-13H2,1-4H3/b17-11+/t14-,15-,19-/m0/s1. The molecule has 0 aliphatic rings. The van der Waals surface area contributed by atoms with Gasteiger partial charge in [-0.05, 0) is 18.9 Å². The zero-order valence-electron chi connectivity index (χ0n) is 14.5. The molecule has 23 heavy (non-hydrogen) atoms. The van der Waals surface area contributed by atoms with E-state index in [2.05, 4.69) is 4.74 Å². The molecule has 0 aliphatic heterocycles. The lowest BCUT2D eigenvalue weighted by molar-refractivity contribution is -0.139. The molecule has 0 spiro atoms. The maximum Gasteiger partial charge on any atom is 0.309 e. The molecule has 0 amide bonds. The first-order chi connectivity index (χ1) is 11.0. The first kappa shape index (κ1) is 19.4. The van der Waals surface area contributed by atoms with Crippen molar-refractivity contribution in [2.75, 3.05) is 7.11 Å². The molecule has 1 N–H and O–H groups in total. The van der Waals surface area contributed by atoms with Gasteiger partial charge in [0.25, 0.3) is 0 Å². The van der Waals surface area contributed by atoms with Crippen LogP contribution >= 0.6 is 0 Å². The minimum absolute atomic E-state index is 0.0737. The summed E-state index contributed by atoms with van der Waals surface area (Å²) in [5.74, 6) is -0.346. The molecule has 0 saturated heterocycles. The van der Waals surface area contributed by atoms with Gasteiger partial charge in [0.2, 0.25) is 0 Å². The molecular weight excluding hydrogens is 292 g/mol. The van der Waals surface area contributed by atoms with Crippen LogP contribution in [0.1, 0.15) is 39.2 Å². The lowest BCUT2D eigenvalue weighted by Gasteiger charge is -2.27. The topological polar surface area (TPSA) is 55.8 Å². The van der Waals surface area contributed by atoms with Gasteiger partial charge in [0.1, 0.15) is 0 Å². The van der Waals surface area contributed by atoms with Crippen LogP contribution in [0.15, 0.2) is 42.0 Å². The van der Waals surface area contributed by atoms with Gasteiger partial charge in [-0.3, -0.25) is 4.79 Å². The van der Waals surface area contributed by atoms with E-state index in [-0.39, 0.29) is 24.4 Å². The molecule has 0 bridgehead atoms. The van der Waals surface area contributed by atoms with Gasteiger partial charge < -0.3 is 14.6 Å². The second kappa shape index (κ2) is 10.2. The van der Waals surface area contributed by atoms with E-state index >= 15 is 0 Å². The summed E-state index contributed by atoms with van der Waals surface area (Å²) in [6, 6.07) is 9.89. The second-order valence-corrected chi connectivity index (χ2v) is 5.69. The molecule has 0 saturated carbocycles. The zero-order chi connectivity index (χ0) is 17.2. The average Bonchev–Trinajstić information content (AvgIpc) is 2.59. The van der Waals surface area contributed by atoms with E-state index in [1.165, 1.54) is 7.11 Å². The monoisotopic (exact) mass is 320 g/mol. The quantitative estimate of drug-likeness (QED) is 0.559. The minimum Gasteiger partial charge on any atom is -0.469 e. The van der Waals surface area contributed by atoms with Crippen LogP contribution in [0.5, 0.6) is 0 Å². The van der Waals surface area contributed by atoms with Crippen molar-refractivity contribution in [2.24, 2.45) is 5.92 Å². The summed E-state index contributed by atoms with van der Waals surface area (Å²) >= 11 is 0. The average molecular weight is 320 g/mol. The van der Waals surface area contributed by atoms with Gasteiger partial charge >= 0.3 is 5.97 Å². The SMILES string of the molecule is CC/C(=C\CC(=O)OC)[C@H](C)[C@H](O)[C@H](C)OCc1ccccc1. The molecule has 0 fully saturated rings. The van der Waals surface area contributed by atoms with Crippen LogP contribution < -0.4 is 0 Å². The number of hydrogen-bond acceptors (Lipinski definition) is 4. The summed E-state index contributed by atoms with van der Waals surface area (Å²) in [7, 11) is 1.37. The van der Waals surface area contributed by atoms with Crippen molar-refractivity contribution >= 4 is 5.97 Å². The summed E-state index contributed by atoms with van der Waals surface area (Å²) < 4.78 is 10.4. The lowest BCUT2D eigenvalue weighted by atomic mass is 9.90. The van der Waals surface area contributed by atoms with E-state index in [1.54, 1.807) is 0 Å². The lowest BCUT2D eigenvalue weighted by Crippen LogP contribution is -2.33. The Morgan fingerprint density at radius 1 is 1.26 bits per heavy atom. The van der Waals surface area contributed by atoms with Gasteiger partial charge in [0.05, 0.1) is 32.3 Å². The van der Waals surface area contributed by atoms with Crippen LogP contribution in [0.4, 0.5) is 0 Å². The fraction of sp³-hybridized carbons (Fsp3) is 0.526. The number of methoxy groups -OCH3 is 1. The number of hydrogen-bond donors (Lipinski definition) is 1. The summed E-state index contributed by atoms with van der Waals surface area (Å²) in [4.78, 5) is 11.3. The van der Waals surface area contributed by atoms with Gasteiger partial charge in [-0.1, -0.05) is 55.8 Å². The predicted octanol–water partition coefficient (Wildman–Crippen LogP) is 3.49. The minimum atomic E-state index is -0.623. The van der Waals surface area contributed by atoms with E-state index in [0.717, 1.165) is 17.6 Å². The molecule has 4 nitrogen and oxygen atoms in total. The van der Waals surface area contributed by atoms with Gasteiger partial charge in [0.15, 0.2) is 0 Å². The van der Waals surface area contributed by atoms with E-state index in [9.17, 15) is 9.90 Å². The van der Waals surface area contributed by atoms with Crippen molar-refractivity contribution in [3.63, 3.8) is 0 Å². The van der Waals surface area contributed by atoms with Crippen molar-refractivity contribution < 1.29 is 19.4 Å². The second-order valence-electron chi connectivity index (χ2n) is 5.69. The smallest absolute Gasteiger partial charge is 0.309 e. The number of carbonyl (C=O) groups is 1. The third-order valence-corrected chi connectivity index (χ3v) is 4.10. The highest BCUT2D eigenvalue weighted by molar-refractivity contribution is 5.71. The molecule has 0 unspecified atom stereocenters. The fourth-order valence-electron chi connectivity index (χ4n) is 2.48. The van der Waals surface area contributed by atoms with Gasteiger partial charge in [-0.2, -0.15) is 0 Å². The number of benzene rings is 1. The Morgan fingerprint density at radius 2 is 1.91 bits per heavy atom. The highest BCUT2D eigenvalue weighted by Crippen LogP contribution is 2.22. The number of ether oxygens (including phenoxy) is 2.